The molecule has 7 rings (SSSR count). The van der Waals surface area contributed by atoms with Crippen LogP contribution < -0.4 is 10.3 Å². The van der Waals surface area contributed by atoms with Crippen LogP contribution in [0.2, 0.25) is 0 Å². The third kappa shape index (κ3) is 4.51. The molecule has 0 amide bonds. The van der Waals surface area contributed by atoms with Crippen molar-refractivity contribution in [2.24, 2.45) is 16.0 Å². The van der Waals surface area contributed by atoms with Crippen molar-refractivity contribution in [1.29, 1.82) is 0 Å². The fourth-order valence-corrected chi connectivity index (χ4v) is 5.51. The first kappa shape index (κ1) is 22.6. The average Bonchev–Trinajstić information content (AvgIpc) is 3.85. The van der Waals surface area contributed by atoms with Gasteiger partial charge >= 0.3 is 0 Å². The molecule has 37 heavy (non-hydrogen) atoms. The maximum Gasteiger partial charge on any atom is 0.209 e. The lowest BCUT2D eigenvalue weighted by Gasteiger charge is -2.25. The lowest BCUT2D eigenvalue weighted by atomic mass is 9.90. The van der Waals surface area contributed by atoms with Gasteiger partial charge in [-0.15, -0.1) is 11.3 Å². The van der Waals surface area contributed by atoms with E-state index in [0.29, 0.717) is 6.67 Å². The molecule has 3 aliphatic heterocycles. The van der Waals surface area contributed by atoms with Gasteiger partial charge in [-0.25, -0.2) is 9.99 Å². The number of aliphatic hydroxyl groups is 1. The molecule has 0 bridgehead atoms. The Bertz CT molecular complexity index is 1420. The summed E-state index contributed by atoms with van der Waals surface area (Å²) in [6, 6.07) is 18.0. The molecule has 1 aliphatic carbocycles. The lowest BCUT2D eigenvalue weighted by molar-refractivity contribution is 0.156. The number of hydrazone groups is 1. The van der Waals surface area contributed by atoms with E-state index in [9.17, 15) is 5.11 Å². The van der Waals surface area contributed by atoms with Gasteiger partial charge in [-0.05, 0) is 24.1 Å². The Morgan fingerprint density at radius 1 is 1.05 bits per heavy atom. The fourth-order valence-electron chi connectivity index (χ4n) is 4.70. The fraction of sp³-hybridized carbons (Fsp3) is 0.250. The molecule has 3 aromatic rings. The van der Waals surface area contributed by atoms with Crippen molar-refractivity contribution in [2.45, 2.75) is 31.1 Å². The number of benzene rings is 2. The van der Waals surface area contributed by atoms with Gasteiger partial charge in [-0.2, -0.15) is 5.10 Å². The summed E-state index contributed by atoms with van der Waals surface area (Å²) in [7, 11) is 0. The molecule has 4 aliphatic rings. The second kappa shape index (κ2) is 9.35. The van der Waals surface area contributed by atoms with E-state index in [4.69, 9.17) is 24.6 Å². The maximum absolute atomic E-state index is 9.45. The normalized spacial score (nSPS) is 28.7. The molecule has 2 aromatic carbocycles. The van der Waals surface area contributed by atoms with E-state index in [1.54, 1.807) is 11.3 Å². The minimum Gasteiger partial charge on any atom is -0.366 e. The van der Waals surface area contributed by atoms with Crippen molar-refractivity contribution < 1.29 is 14.6 Å². The molecular weight excluding hydrogens is 486 g/mol. The SMILES string of the molecule is OC1OC1c1ccc(NC/N=C2\C(C3C=CC=CC3)=NN(c3nc(-c4ccccc4)cs3)C3OC23)cc1. The Balaban J connectivity index is 1.12. The van der Waals surface area contributed by atoms with Gasteiger partial charge in [0.1, 0.15) is 12.8 Å². The molecule has 5 unspecified atom stereocenters. The third-order valence-corrected chi connectivity index (χ3v) is 7.62. The number of hydrogen-bond donors (Lipinski definition) is 2. The summed E-state index contributed by atoms with van der Waals surface area (Å²) in [6.45, 7) is 0.407. The first-order valence-electron chi connectivity index (χ1n) is 12.3. The quantitative estimate of drug-likeness (QED) is 0.445. The smallest absolute Gasteiger partial charge is 0.209 e. The summed E-state index contributed by atoms with van der Waals surface area (Å²) in [5.41, 5.74) is 5.76. The van der Waals surface area contributed by atoms with Crippen molar-refractivity contribution in [3.63, 3.8) is 0 Å². The largest absolute Gasteiger partial charge is 0.366 e. The number of aliphatic hydroxyl groups excluding tert-OH is 1. The summed E-state index contributed by atoms with van der Waals surface area (Å²) in [5, 5.41) is 22.7. The predicted molar refractivity (Wildman–Crippen MR) is 145 cm³/mol. The van der Waals surface area contributed by atoms with Crippen LogP contribution in [0.25, 0.3) is 11.3 Å². The van der Waals surface area contributed by atoms with E-state index in [-0.39, 0.29) is 24.4 Å². The van der Waals surface area contributed by atoms with E-state index in [0.717, 1.165) is 45.5 Å². The summed E-state index contributed by atoms with van der Waals surface area (Å²) in [4.78, 5) is 9.77. The van der Waals surface area contributed by atoms with Crippen molar-refractivity contribution in [2.75, 3.05) is 17.0 Å². The first-order valence-corrected chi connectivity index (χ1v) is 13.2. The standard InChI is InChI=1S/C28H25N5O3S/c34-27-24(36-27)19-11-13-20(14-12-19)29-16-30-23-22(18-9-5-2-6-10-18)32-33(26-25(23)35-26)28-31-21(15-37-28)17-7-3-1-4-8-17/h1-9,11-15,18,24-27,29,34H,10,16H2/b30-23+. The highest BCUT2D eigenvalue weighted by Crippen LogP contribution is 2.40. The molecular formula is C28H25N5O3S. The summed E-state index contributed by atoms with van der Waals surface area (Å²) in [6.07, 6.45) is 8.12. The van der Waals surface area contributed by atoms with Gasteiger partial charge in [0.15, 0.2) is 18.6 Å². The highest BCUT2D eigenvalue weighted by molar-refractivity contribution is 7.14. The Labute approximate surface area is 218 Å². The molecule has 0 saturated carbocycles. The Kier molecular flexibility index (Phi) is 5.70. The molecule has 1 aromatic heterocycles. The molecule has 8 nitrogen and oxygen atoms in total. The summed E-state index contributed by atoms with van der Waals surface area (Å²) < 4.78 is 11.2. The Morgan fingerprint density at radius 3 is 2.65 bits per heavy atom. The summed E-state index contributed by atoms with van der Waals surface area (Å²) >= 11 is 1.57. The maximum atomic E-state index is 9.45. The van der Waals surface area contributed by atoms with Crippen LogP contribution in [-0.2, 0) is 9.47 Å². The molecule has 0 spiro atoms. The Morgan fingerprint density at radius 2 is 1.89 bits per heavy atom. The van der Waals surface area contributed by atoms with Crippen molar-refractivity contribution in [3.8, 4) is 11.3 Å². The molecule has 9 heteroatoms. The van der Waals surface area contributed by atoms with Gasteiger partial charge in [0.2, 0.25) is 5.13 Å². The van der Waals surface area contributed by atoms with Gasteiger partial charge in [0.25, 0.3) is 0 Å². The minimum atomic E-state index is -0.682. The second-order valence-electron chi connectivity index (χ2n) is 9.26. The number of anilines is 2. The van der Waals surface area contributed by atoms with Crippen LogP contribution in [0.5, 0.6) is 0 Å². The van der Waals surface area contributed by atoms with Gasteiger partial charge in [0, 0.05) is 22.5 Å². The van der Waals surface area contributed by atoms with E-state index in [1.165, 1.54) is 0 Å². The molecule has 2 fully saturated rings. The van der Waals surface area contributed by atoms with Gasteiger partial charge in [-0.1, -0.05) is 66.8 Å². The zero-order chi connectivity index (χ0) is 24.8. The van der Waals surface area contributed by atoms with Crippen molar-refractivity contribution in [1.82, 2.24) is 4.98 Å². The predicted octanol–water partition coefficient (Wildman–Crippen LogP) is 4.74. The third-order valence-electron chi connectivity index (χ3n) is 6.79. The molecule has 0 radical (unpaired) electrons. The average molecular weight is 512 g/mol. The van der Waals surface area contributed by atoms with Crippen molar-refractivity contribution >= 4 is 33.6 Å². The number of hydrogen-bond acceptors (Lipinski definition) is 9. The zero-order valence-electron chi connectivity index (χ0n) is 19.8. The van der Waals surface area contributed by atoms with Gasteiger partial charge < -0.3 is 19.9 Å². The lowest BCUT2D eigenvalue weighted by Crippen LogP contribution is -2.40. The molecule has 2 saturated heterocycles. The highest BCUT2D eigenvalue weighted by Gasteiger charge is 2.54. The van der Waals surface area contributed by atoms with Crippen LogP contribution in [0.15, 0.2) is 94.4 Å². The number of epoxide rings is 2. The number of aliphatic imine (C=N–C) groups is 1. The number of rotatable bonds is 7. The van der Waals surface area contributed by atoms with Crippen LogP contribution in [0.3, 0.4) is 0 Å². The summed E-state index contributed by atoms with van der Waals surface area (Å²) in [5.74, 6) is 0.134. The van der Waals surface area contributed by atoms with Crippen LogP contribution >= 0.6 is 11.3 Å². The number of aromatic nitrogens is 1. The topological polar surface area (TPSA) is 98.2 Å². The van der Waals surface area contributed by atoms with E-state index < -0.39 is 6.29 Å². The first-order chi connectivity index (χ1) is 18.2. The number of fused-ring (bicyclic) bond motifs is 1. The molecule has 4 heterocycles. The highest BCUT2D eigenvalue weighted by atomic mass is 32.1. The van der Waals surface area contributed by atoms with Crippen LogP contribution in [0.4, 0.5) is 10.8 Å². The number of nitrogens with zero attached hydrogens (tertiary/aromatic N) is 4. The van der Waals surface area contributed by atoms with E-state index in [1.807, 2.05) is 47.5 Å². The van der Waals surface area contributed by atoms with Gasteiger partial charge in [-0.3, -0.25) is 4.99 Å². The molecule has 186 valence electrons. The van der Waals surface area contributed by atoms with Crippen LogP contribution in [-0.4, -0.2) is 46.8 Å². The zero-order valence-corrected chi connectivity index (χ0v) is 20.7. The second-order valence-corrected chi connectivity index (χ2v) is 10.1. The van der Waals surface area contributed by atoms with Gasteiger partial charge in [0.05, 0.1) is 17.1 Å². The molecule has 2 N–H and O–H groups in total. The van der Waals surface area contributed by atoms with E-state index >= 15 is 0 Å². The van der Waals surface area contributed by atoms with E-state index in [2.05, 4.69) is 47.1 Å². The Hall–Kier alpha value is -3.63. The van der Waals surface area contributed by atoms with Crippen LogP contribution in [0.1, 0.15) is 18.1 Å². The van der Waals surface area contributed by atoms with Crippen LogP contribution in [0, 0.1) is 5.92 Å². The molecule has 5 atom stereocenters. The minimum absolute atomic E-state index is 0.131. The number of allylic oxidation sites excluding steroid dienone is 4. The van der Waals surface area contributed by atoms with Crippen molar-refractivity contribution in [3.05, 3.63) is 89.8 Å². The number of thiazole rings is 1. The number of ether oxygens (including phenoxy) is 2. The monoisotopic (exact) mass is 511 g/mol. The number of nitrogens with one attached hydrogen (secondary N) is 1.